The number of rotatable bonds is 4. The molecule has 144 valence electrons. The van der Waals surface area contributed by atoms with Crippen molar-refractivity contribution in [1.82, 2.24) is 0 Å². The van der Waals surface area contributed by atoms with Crippen LogP contribution in [0.5, 0.6) is 0 Å². The fraction of sp³-hybridized carbons (Fsp3) is 0.0435. The van der Waals surface area contributed by atoms with E-state index in [1.165, 1.54) is 0 Å². The van der Waals surface area contributed by atoms with E-state index in [-0.39, 0.29) is 11.3 Å². The Morgan fingerprint density at radius 1 is 0.793 bits per heavy atom. The molecule has 0 bridgehead atoms. The molecule has 0 fully saturated rings. The number of nitrogens with zero attached hydrogens (tertiary/aromatic N) is 1. The molecule has 2 amide bonds. The van der Waals surface area contributed by atoms with Gasteiger partial charge in [0.1, 0.15) is 5.70 Å². The quantitative estimate of drug-likeness (QED) is 0.548. The van der Waals surface area contributed by atoms with Crippen molar-refractivity contribution in [3.05, 3.63) is 99.7 Å². The number of imide groups is 1. The van der Waals surface area contributed by atoms with Crippen LogP contribution in [0.1, 0.15) is 11.1 Å². The Balaban J connectivity index is 1.85. The third kappa shape index (κ3) is 3.53. The maximum Gasteiger partial charge on any atom is 0.282 e. The number of para-hydroxylation sites is 1. The van der Waals surface area contributed by atoms with Crippen LogP contribution >= 0.6 is 23.2 Å². The lowest BCUT2D eigenvalue weighted by Crippen LogP contribution is -2.33. The highest BCUT2D eigenvalue weighted by Gasteiger charge is 2.41. The topological polar surface area (TPSA) is 49.4 Å². The van der Waals surface area contributed by atoms with Crippen molar-refractivity contribution in [3.8, 4) is 0 Å². The number of halogens is 2. The van der Waals surface area contributed by atoms with Gasteiger partial charge in [0.2, 0.25) is 0 Å². The molecule has 0 aromatic heterocycles. The van der Waals surface area contributed by atoms with Crippen LogP contribution in [0.3, 0.4) is 0 Å². The number of carbonyl (C=O) groups excluding carboxylic acids is 2. The van der Waals surface area contributed by atoms with E-state index in [0.29, 0.717) is 32.5 Å². The van der Waals surface area contributed by atoms with Gasteiger partial charge in [0.25, 0.3) is 11.8 Å². The molecule has 1 aliphatic rings. The van der Waals surface area contributed by atoms with Gasteiger partial charge in [-0.3, -0.25) is 9.59 Å². The number of hydrogen-bond acceptors (Lipinski definition) is 3. The lowest BCUT2D eigenvalue weighted by molar-refractivity contribution is -0.120. The van der Waals surface area contributed by atoms with Gasteiger partial charge >= 0.3 is 0 Å². The minimum absolute atomic E-state index is 0.211. The third-order valence-corrected chi connectivity index (χ3v) is 5.40. The lowest BCUT2D eigenvalue weighted by Gasteiger charge is -2.18. The Hall–Kier alpha value is -3.08. The average Bonchev–Trinajstić information content (AvgIpc) is 2.96. The van der Waals surface area contributed by atoms with Crippen LogP contribution in [-0.4, -0.2) is 11.8 Å². The predicted molar refractivity (Wildman–Crippen MR) is 117 cm³/mol. The van der Waals surface area contributed by atoms with Crippen LogP contribution in [0, 0.1) is 6.92 Å². The standard InChI is InChI=1S/C23H16Cl2N2O2/c1-14-18(25)8-5-9-19(14)27-22(28)20(15-10-12-16(24)13-11-15)21(23(27)29)26-17-6-3-2-4-7-17/h2-13,26H,1H3. The first-order chi connectivity index (χ1) is 14.0. The lowest BCUT2D eigenvalue weighted by atomic mass is 10.0. The van der Waals surface area contributed by atoms with Crippen molar-refractivity contribution >= 4 is 52.0 Å². The Morgan fingerprint density at radius 3 is 2.17 bits per heavy atom. The van der Waals surface area contributed by atoms with Crippen LogP contribution < -0.4 is 10.2 Å². The van der Waals surface area contributed by atoms with Crippen molar-refractivity contribution in [2.75, 3.05) is 10.2 Å². The maximum absolute atomic E-state index is 13.4. The van der Waals surface area contributed by atoms with E-state index in [1.807, 2.05) is 30.3 Å². The van der Waals surface area contributed by atoms with Crippen LogP contribution in [0.25, 0.3) is 5.57 Å². The molecule has 4 nitrogen and oxygen atoms in total. The molecule has 1 aliphatic heterocycles. The molecule has 0 atom stereocenters. The van der Waals surface area contributed by atoms with Crippen molar-refractivity contribution in [2.24, 2.45) is 0 Å². The molecule has 6 heteroatoms. The third-order valence-electron chi connectivity index (χ3n) is 4.74. The zero-order valence-electron chi connectivity index (χ0n) is 15.4. The average molecular weight is 423 g/mol. The summed E-state index contributed by atoms with van der Waals surface area (Å²) in [5, 5.41) is 4.15. The summed E-state index contributed by atoms with van der Waals surface area (Å²) >= 11 is 12.2. The van der Waals surface area contributed by atoms with E-state index < -0.39 is 11.8 Å². The summed E-state index contributed by atoms with van der Waals surface area (Å²) in [7, 11) is 0. The van der Waals surface area contributed by atoms with E-state index >= 15 is 0 Å². The number of benzene rings is 3. The summed E-state index contributed by atoms with van der Waals surface area (Å²) < 4.78 is 0. The molecule has 0 aliphatic carbocycles. The zero-order valence-corrected chi connectivity index (χ0v) is 17.0. The van der Waals surface area contributed by atoms with Gasteiger partial charge in [-0.15, -0.1) is 0 Å². The predicted octanol–water partition coefficient (Wildman–Crippen LogP) is 5.70. The first-order valence-corrected chi connectivity index (χ1v) is 9.69. The SMILES string of the molecule is Cc1c(Cl)cccc1N1C(=O)C(Nc2ccccc2)=C(c2ccc(Cl)cc2)C1=O. The molecular formula is C23H16Cl2N2O2. The summed E-state index contributed by atoms with van der Waals surface area (Å²) in [6.45, 7) is 1.78. The molecule has 0 radical (unpaired) electrons. The molecule has 0 unspecified atom stereocenters. The van der Waals surface area contributed by atoms with Gasteiger partial charge in [-0.2, -0.15) is 0 Å². The number of nitrogens with one attached hydrogen (secondary N) is 1. The number of amides is 2. The first kappa shape index (κ1) is 19.2. The summed E-state index contributed by atoms with van der Waals surface area (Å²) in [4.78, 5) is 27.9. The first-order valence-electron chi connectivity index (χ1n) is 8.93. The van der Waals surface area contributed by atoms with Crippen LogP contribution in [0.4, 0.5) is 11.4 Å². The van der Waals surface area contributed by atoms with Crippen molar-refractivity contribution in [1.29, 1.82) is 0 Å². The summed E-state index contributed by atoms with van der Waals surface area (Å²) in [5.74, 6) is -0.852. The molecule has 0 spiro atoms. The maximum atomic E-state index is 13.4. The molecule has 29 heavy (non-hydrogen) atoms. The Morgan fingerprint density at radius 2 is 1.48 bits per heavy atom. The van der Waals surface area contributed by atoms with Crippen LogP contribution in [-0.2, 0) is 9.59 Å². The van der Waals surface area contributed by atoms with Crippen LogP contribution in [0.15, 0.2) is 78.5 Å². The van der Waals surface area contributed by atoms with Crippen molar-refractivity contribution in [2.45, 2.75) is 6.92 Å². The number of anilines is 2. The van der Waals surface area contributed by atoms with E-state index in [4.69, 9.17) is 23.2 Å². The Labute approximate surface area is 178 Å². The number of carbonyl (C=O) groups is 2. The van der Waals surface area contributed by atoms with Gasteiger partial charge in [0.05, 0.1) is 11.3 Å². The molecular weight excluding hydrogens is 407 g/mol. The van der Waals surface area contributed by atoms with Crippen molar-refractivity contribution in [3.63, 3.8) is 0 Å². The minimum atomic E-state index is -0.436. The molecule has 0 saturated heterocycles. The van der Waals surface area contributed by atoms with Gasteiger partial charge in [-0.25, -0.2) is 4.90 Å². The number of hydrogen-bond donors (Lipinski definition) is 1. The van der Waals surface area contributed by atoms with E-state index in [0.717, 1.165) is 4.90 Å². The fourth-order valence-corrected chi connectivity index (χ4v) is 3.55. The highest BCUT2D eigenvalue weighted by Crippen LogP contribution is 2.36. The highest BCUT2D eigenvalue weighted by molar-refractivity contribution is 6.46. The van der Waals surface area contributed by atoms with Crippen LogP contribution in [0.2, 0.25) is 10.0 Å². The van der Waals surface area contributed by atoms with Gasteiger partial charge in [-0.05, 0) is 54.4 Å². The molecule has 0 saturated carbocycles. The Kier molecular flexibility index (Phi) is 5.14. The van der Waals surface area contributed by atoms with E-state index in [2.05, 4.69) is 5.32 Å². The second-order valence-electron chi connectivity index (χ2n) is 6.58. The smallest absolute Gasteiger partial charge is 0.282 e. The Bertz CT molecular complexity index is 1140. The van der Waals surface area contributed by atoms with E-state index in [1.54, 1.807) is 49.4 Å². The van der Waals surface area contributed by atoms with Crippen molar-refractivity contribution < 1.29 is 9.59 Å². The van der Waals surface area contributed by atoms with Gasteiger partial charge in [0.15, 0.2) is 0 Å². The molecule has 4 rings (SSSR count). The minimum Gasteiger partial charge on any atom is -0.350 e. The monoisotopic (exact) mass is 422 g/mol. The highest BCUT2D eigenvalue weighted by atomic mass is 35.5. The fourth-order valence-electron chi connectivity index (χ4n) is 3.25. The molecule has 1 heterocycles. The summed E-state index contributed by atoms with van der Waals surface area (Å²) in [6, 6.07) is 21.2. The largest absolute Gasteiger partial charge is 0.350 e. The zero-order chi connectivity index (χ0) is 20.5. The summed E-state index contributed by atoms with van der Waals surface area (Å²) in [5.41, 5.74) is 2.93. The molecule has 3 aromatic carbocycles. The molecule has 1 N–H and O–H groups in total. The van der Waals surface area contributed by atoms with E-state index in [9.17, 15) is 9.59 Å². The second-order valence-corrected chi connectivity index (χ2v) is 7.42. The summed E-state index contributed by atoms with van der Waals surface area (Å²) in [6.07, 6.45) is 0. The molecule has 3 aromatic rings. The normalized spacial score (nSPS) is 14.0. The van der Waals surface area contributed by atoms with Gasteiger partial charge < -0.3 is 5.32 Å². The second kappa shape index (κ2) is 7.74. The van der Waals surface area contributed by atoms with Gasteiger partial charge in [0, 0.05) is 15.7 Å². The van der Waals surface area contributed by atoms with Gasteiger partial charge in [-0.1, -0.05) is 59.6 Å².